The molecule has 30 heavy (non-hydrogen) atoms. The third-order valence-electron chi connectivity index (χ3n) is 5.45. The minimum atomic E-state index is -0.0147. The number of rotatable bonds is 6. The van der Waals surface area contributed by atoms with Crippen molar-refractivity contribution < 1.29 is 9.59 Å². The van der Waals surface area contributed by atoms with Crippen molar-refractivity contribution in [2.75, 3.05) is 17.2 Å². The first-order chi connectivity index (χ1) is 14.5. The summed E-state index contributed by atoms with van der Waals surface area (Å²) in [5.74, 6) is 0.892. The molecule has 3 aromatic rings. The van der Waals surface area contributed by atoms with Gasteiger partial charge in [-0.1, -0.05) is 42.5 Å². The number of fused-ring (bicyclic) bond motifs is 1. The van der Waals surface area contributed by atoms with Gasteiger partial charge in [-0.3, -0.25) is 14.5 Å². The second-order valence-corrected chi connectivity index (χ2v) is 7.77. The fourth-order valence-corrected chi connectivity index (χ4v) is 3.92. The number of carbonyl (C=O) groups is 2. The number of amides is 1. The summed E-state index contributed by atoms with van der Waals surface area (Å²) in [5, 5.41) is 4.42. The Morgan fingerprint density at radius 2 is 1.80 bits per heavy atom. The highest BCUT2D eigenvalue weighted by Gasteiger charge is 2.24. The molecule has 154 valence electrons. The number of carbonyl (C=O) groups excluding carboxylic acids is 2. The van der Waals surface area contributed by atoms with Gasteiger partial charge in [0.05, 0.1) is 5.69 Å². The number of nitrogens with two attached hydrogens (primary N) is 1. The van der Waals surface area contributed by atoms with E-state index in [1.54, 1.807) is 4.90 Å². The first-order valence-corrected chi connectivity index (χ1v) is 10.3. The number of para-hydroxylation sites is 1. The molecule has 0 saturated heterocycles. The van der Waals surface area contributed by atoms with Crippen LogP contribution in [0, 0.1) is 6.92 Å². The maximum absolute atomic E-state index is 12.7. The van der Waals surface area contributed by atoms with Gasteiger partial charge in [0.25, 0.3) is 0 Å². The zero-order valence-corrected chi connectivity index (χ0v) is 17.2. The summed E-state index contributed by atoms with van der Waals surface area (Å²) in [6.07, 6.45) is 1.68. The van der Waals surface area contributed by atoms with Crippen molar-refractivity contribution in [3.8, 4) is 11.1 Å². The molecule has 6 nitrogen and oxygen atoms in total. The lowest BCUT2D eigenvalue weighted by molar-refractivity contribution is -0.123. The topological polar surface area (TPSA) is 81.2 Å². The molecule has 0 aliphatic carbocycles. The Labute approximate surface area is 176 Å². The monoisotopic (exact) mass is 402 g/mol. The molecule has 1 aliphatic heterocycles. The van der Waals surface area contributed by atoms with Gasteiger partial charge in [0.15, 0.2) is 0 Å². The average Bonchev–Trinajstić information content (AvgIpc) is 3.13. The Bertz CT molecular complexity index is 1070. The van der Waals surface area contributed by atoms with E-state index in [0.717, 1.165) is 46.9 Å². The SMILES string of the molecule is Cc1cc2n(n1)CCCN2C(=O)CCC(=O)Cc1ccc(-c2ccccc2N)cc1. The highest BCUT2D eigenvalue weighted by molar-refractivity contribution is 5.95. The van der Waals surface area contributed by atoms with Crippen LogP contribution >= 0.6 is 0 Å². The van der Waals surface area contributed by atoms with Crippen LogP contribution in [-0.4, -0.2) is 28.0 Å². The quantitative estimate of drug-likeness (QED) is 0.637. The summed E-state index contributed by atoms with van der Waals surface area (Å²) in [6, 6.07) is 17.5. The standard InChI is InChI=1S/C24H26N4O2/c1-17-15-23-27(13-4-14-28(23)26-17)24(30)12-11-20(29)16-18-7-9-19(10-8-18)21-5-2-3-6-22(21)25/h2-3,5-10,15H,4,11-14,16,25H2,1H3. The van der Waals surface area contributed by atoms with Crippen LogP contribution in [0.25, 0.3) is 11.1 Å². The molecule has 4 rings (SSSR count). The molecule has 1 amide bonds. The lowest BCUT2D eigenvalue weighted by atomic mass is 9.99. The number of aryl methyl sites for hydroxylation is 2. The molecule has 0 bridgehead atoms. The van der Waals surface area contributed by atoms with Gasteiger partial charge in [-0.15, -0.1) is 0 Å². The van der Waals surface area contributed by atoms with Gasteiger partial charge in [-0.25, -0.2) is 4.68 Å². The van der Waals surface area contributed by atoms with Gasteiger partial charge in [0.2, 0.25) is 5.91 Å². The van der Waals surface area contributed by atoms with Gasteiger partial charge >= 0.3 is 0 Å². The van der Waals surface area contributed by atoms with Crippen molar-refractivity contribution in [2.24, 2.45) is 0 Å². The maximum atomic E-state index is 12.7. The van der Waals surface area contributed by atoms with Crippen molar-refractivity contribution in [3.63, 3.8) is 0 Å². The number of hydrogen-bond donors (Lipinski definition) is 1. The third-order valence-corrected chi connectivity index (χ3v) is 5.45. The van der Waals surface area contributed by atoms with E-state index in [2.05, 4.69) is 5.10 Å². The largest absolute Gasteiger partial charge is 0.398 e. The summed E-state index contributed by atoms with van der Waals surface area (Å²) in [5.41, 5.74) is 10.6. The van der Waals surface area contributed by atoms with E-state index in [1.165, 1.54) is 0 Å². The molecule has 0 atom stereocenters. The molecule has 0 spiro atoms. The molecule has 2 aromatic carbocycles. The predicted octanol–water partition coefficient (Wildman–Crippen LogP) is 3.77. The van der Waals surface area contributed by atoms with E-state index in [9.17, 15) is 9.59 Å². The predicted molar refractivity (Wildman–Crippen MR) is 118 cm³/mol. The van der Waals surface area contributed by atoms with Crippen molar-refractivity contribution >= 4 is 23.2 Å². The number of aromatic nitrogens is 2. The van der Waals surface area contributed by atoms with Crippen LogP contribution in [0.15, 0.2) is 54.6 Å². The third kappa shape index (κ3) is 4.27. The minimum absolute atomic E-state index is 0.0147. The fourth-order valence-electron chi connectivity index (χ4n) is 3.92. The van der Waals surface area contributed by atoms with Crippen LogP contribution in [0.5, 0.6) is 0 Å². The van der Waals surface area contributed by atoms with Crippen molar-refractivity contribution in [1.82, 2.24) is 9.78 Å². The molecule has 2 N–H and O–H groups in total. The normalized spacial score (nSPS) is 13.2. The number of nitrogens with zero attached hydrogens (tertiary/aromatic N) is 3. The van der Waals surface area contributed by atoms with E-state index in [-0.39, 0.29) is 24.5 Å². The van der Waals surface area contributed by atoms with Crippen LogP contribution in [0.4, 0.5) is 11.5 Å². The molecule has 1 aliphatic rings. The van der Waals surface area contributed by atoms with E-state index >= 15 is 0 Å². The summed E-state index contributed by atoms with van der Waals surface area (Å²) in [6.45, 7) is 3.44. The molecular weight excluding hydrogens is 376 g/mol. The number of benzene rings is 2. The highest BCUT2D eigenvalue weighted by Crippen LogP contribution is 2.26. The number of hydrogen-bond acceptors (Lipinski definition) is 4. The van der Waals surface area contributed by atoms with Crippen LogP contribution < -0.4 is 10.6 Å². The summed E-state index contributed by atoms with van der Waals surface area (Å²) in [7, 11) is 0. The van der Waals surface area contributed by atoms with Gasteiger partial charge in [0, 0.05) is 49.7 Å². The number of anilines is 2. The molecule has 0 unspecified atom stereocenters. The van der Waals surface area contributed by atoms with Crippen LogP contribution in [0.2, 0.25) is 0 Å². The van der Waals surface area contributed by atoms with E-state index in [1.807, 2.05) is 66.2 Å². The van der Waals surface area contributed by atoms with Crippen molar-refractivity contribution in [2.45, 2.75) is 39.2 Å². The lowest BCUT2D eigenvalue weighted by Gasteiger charge is -2.27. The van der Waals surface area contributed by atoms with Crippen molar-refractivity contribution in [3.05, 3.63) is 65.9 Å². The van der Waals surface area contributed by atoms with Crippen LogP contribution in [0.1, 0.15) is 30.5 Å². The molecular formula is C24H26N4O2. The second kappa shape index (κ2) is 8.53. The fraction of sp³-hybridized carbons (Fsp3) is 0.292. The number of Topliss-reactive ketones (excluding diaryl/α,β-unsaturated/α-hetero) is 1. The average molecular weight is 402 g/mol. The van der Waals surface area contributed by atoms with Crippen molar-refractivity contribution in [1.29, 1.82) is 0 Å². The Morgan fingerprint density at radius 1 is 1.03 bits per heavy atom. The van der Waals surface area contributed by atoms with E-state index in [4.69, 9.17) is 5.73 Å². The Hall–Kier alpha value is -3.41. The molecule has 0 radical (unpaired) electrons. The van der Waals surface area contributed by atoms with E-state index in [0.29, 0.717) is 13.0 Å². The highest BCUT2D eigenvalue weighted by atomic mass is 16.2. The first-order valence-electron chi connectivity index (χ1n) is 10.3. The molecule has 6 heteroatoms. The van der Waals surface area contributed by atoms with E-state index < -0.39 is 0 Å². The molecule has 0 fully saturated rings. The Balaban J connectivity index is 1.33. The number of nitrogen functional groups attached to an aromatic ring is 1. The van der Waals surface area contributed by atoms with Crippen LogP contribution in [0.3, 0.4) is 0 Å². The van der Waals surface area contributed by atoms with Gasteiger partial charge in [-0.05, 0) is 30.5 Å². The lowest BCUT2D eigenvalue weighted by Crippen LogP contribution is -2.37. The summed E-state index contributed by atoms with van der Waals surface area (Å²) in [4.78, 5) is 26.9. The Kier molecular flexibility index (Phi) is 5.65. The van der Waals surface area contributed by atoms with Gasteiger partial charge in [0.1, 0.15) is 11.6 Å². The molecule has 1 aromatic heterocycles. The Morgan fingerprint density at radius 3 is 2.57 bits per heavy atom. The van der Waals surface area contributed by atoms with Gasteiger partial charge < -0.3 is 5.73 Å². The minimum Gasteiger partial charge on any atom is -0.398 e. The zero-order valence-electron chi connectivity index (χ0n) is 17.2. The maximum Gasteiger partial charge on any atom is 0.228 e. The molecule has 2 heterocycles. The summed E-state index contributed by atoms with van der Waals surface area (Å²) < 4.78 is 1.87. The molecule has 0 saturated carbocycles. The van der Waals surface area contributed by atoms with Crippen LogP contribution in [-0.2, 0) is 22.6 Å². The second-order valence-electron chi connectivity index (χ2n) is 7.77. The first kappa shape index (κ1) is 19.9. The van der Waals surface area contributed by atoms with Gasteiger partial charge in [-0.2, -0.15) is 5.10 Å². The summed E-state index contributed by atoms with van der Waals surface area (Å²) >= 11 is 0. The smallest absolute Gasteiger partial charge is 0.228 e. The zero-order chi connectivity index (χ0) is 21.1. The number of ketones is 1.